The van der Waals surface area contributed by atoms with Crippen LogP contribution in [-0.2, 0) is 31.6 Å². The molecule has 5 rings (SSSR count). The number of nitrogens with two attached hydrogens (primary N) is 1. The van der Waals surface area contributed by atoms with Crippen LogP contribution in [0.1, 0.15) is 30.8 Å². The third-order valence-corrected chi connectivity index (χ3v) is 6.52. The Kier molecular flexibility index (Phi) is 5.28. The highest BCUT2D eigenvalue weighted by molar-refractivity contribution is 6.15. The molecule has 3 N–H and O–H groups in total. The van der Waals surface area contributed by atoms with Crippen molar-refractivity contribution in [3.05, 3.63) is 53.6 Å². The number of anilines is 4. The van der Waals surface area contributed by atoms with Crippen molar-refractivity contribution in [2.24, 2.45) is 0 Å². The molecule has 0 unspecified atom stereocenters. The first kappa shape index (κ1) is 23.7. The second kappa shape index (κ2) is 8.01. The number of hydrogen-bond acceptors (Lipinski definition) is 8. The average molecular weight is 502 g/mol. The molecule has 1 spiro atoms. The minimum Gasteiger partial charge on any atom is -0.382 e. The molecule has 2 aliphatic rings. The lowest BCUT2D eigenvalue weighted by molar-refractivity contribution is -0.181. The van der Waals surface area contributed by atoms with E-state index in [0.717, 1.165) is 19.9 Å². The Morgan fingerprint density at radius 1 is 1.19 bits per heavy atom. The van der Waals surface area contributed by atoms with Gasteiger partial charge in [-0.3, -0.25) is 19.8 Å². The van der Waals surface area contributed by atoms with Gasteiger partial charge in [0, 0.05) is 11.8 Å². The first-order valence-electron chi connectivity index (χ1n) is 10.9. The number of benzene rings is 1. The molecule has 0 radical (unpaired) electrons. The zero-order chi connectivity index (χ0) is 25.9. The van der Waals surface area contributed by atoms with E-state index in [-0.39, 0.29) is 42.9 Å². The van der Waals surface area contributed by atoms with Gasteiger partial charge in [-0.25, -0.2) is 9.97 Å². The number of halogens is 3. The number of fused-ring (bicyclic) bond motifs is 2. The molecule has 1 fully saturated rings. The highest BCUT2D eigenvalue weighted by Crippen LogP contribution is 2.49. The number of carbonyl (C=O) groups excluding carboxylic acids is 2. The van der Waals surface area contributed by atoms with Crippen LogP contribution in [0.3, 0.4) is 0 Å². The number of amides is 2. The van der Waals surface area contributed by atoms with Crippen LogP contribution in [0.2, 0.25) is 0 Å². The van der Waals surface area contributed by atoms with Gasteiger partial charge in [-0.2, -0.15) is 13.2 Å². The third kappa shape index (κ3) is 3.58. The van der Waals surface area contributed by atoms with Gasteiger partial charge in [-0.15, -0.1) is 0 Å². The molecule has 4 heterocycles. The van der Waals surface area contributed by atoms with E-state index in [1.807, 2.05) is 0 Å². The van der Waals surface area contributed by atoms with Gasteiger partial charge >= 0.3 is 6.18 Å². The zero-order valence-corrected chi connectivity index (χ0v) is 19.2. The monoisotopic (exact) mass is 502 g/mol. The molecule has 188 valence electrons. The van der Waals surface area contributed by atoms with Crippen LogP contribution in [0.15, 0.2) is 41.2 Å². The molecule has 1 saturated heterocycles. The van der Waals surface area contributed by atoms with E-state index in [2.05, 4.69) is 20.4 Å². The van der Waals surface area contributed by atoms with E-state index < -0.39 is 22.9 Å². The normalized spacial score (nSPS) is 16.7. The van der Waals surface area contributed by atoms with Crippen molar-refractivity contribution < 1.29 is 32.0 Å². The number of aromatic nitrogens is 3. The van der Waals surface area contributed by atoms with Gasteiger partial charge in [0.2, 0.25) is 17.7 Å². The number of alkyl halides is 3. The maximum Gasteiger partial charge on any atom is 0.399 e. The van der Waals surface area contributed by atoms with E-state index >= 15 is 0 Å². The average Bonchev–Trinajstić information content (AvgIpc) is 3.34. The fraction of sp³-hybridized carbons (Fsp3) is 0.348. The van der Waals surface area contributed by atoms with E-state index in [4.69, 9.17) is 15.0 Å². The Labute approximate surface area is 202 Å². The maximum atomic E-state index is 13.3. The van der Waals surface area contributed by atoms with Crippen molar-refractivity contribution in [1.29, 1.82) is 0 Å². The van der Waals surface area contributed by atoms with E-state index in [0.29, 0.717) is 22.6 Å². The molecule has 2 aliphatic heterocycles. The number of carbonyl (C=O) groups is 2. The second-order valence-corrected chi connectivity index (χ2v) is 9.26. The molecular weight excluding hydrogens is 481 g/mol. The lowest BCUT2D eigenvalue weighted by Gasteiger charge is -2.35. The van der Waals surface area contributed by atoms with Crippen LogP contribution < -0.4 is 16.0 Å². The van der Waals surface area contributed by atoms with Gasteiger partial charge in [0.15, 0.2) is 5.82 Å². The maximum absolute atomic E-state index is 13.3. The van der Waals surface area contributed by atoms with Crippen molar-refractivity contribution in [3.8, 4) is 0 Å². The number of rotatable bonds is 5. The molecule has 36 heavy (non-hydrogen) atoms. The molecule has 13 heteroatoms. The lowest BCUT2D eigenvalue weighted by atomic mass is 9.83. The Morgan fingerprint density at radius 2 is 1.89 bits per heavy atom. The topological polar surface area (TPSA) is 136 Å². The van der Waals surface area contributed by atoms with Crippen molar-refractivity contribution in [2.45, 2.75) is 37.3 Å². The second-order valence-electron chi connectivity index (χ2n) is 9.26. The molecule has 10 nitrogen and oxygen atoms in total. The van der Waals surface area contributed by atoms with Gasteiger partial charge < -0.3 is 15.0 Å². The first-order chi connectivity index (χ1) is 16.9. The van der Waals surface area contributed by atoms with Crippen LogP contribution in [0.4, 0.5) is 36.2 Å². The molecular formula is C23H21F3N6O4. The summed E-state index contributed by atoms with van der Waals surface area (Å²) in [6, 6.07) is 7.68. The molecule has 1 aromatic carbocycles. The first-order valence-corrected chi connectivity index (χ1v) is 10.9. The van der Waals surface area contributed by atoms with Gasteiger partial charge in [-0.1, -0.05) is 17.3 Å². The van der Waals surface area contributed by atoms with Gasteiger partial charge in [0.05, 0.1) is 25.3 Å². The van der Waals surface area contributed by atoms with E-state index in [1.54, 1.807) is 24.3 Å². The number of nitrogens with zero attached hydrogens (tertiary/aromatic N) is 4. The summed E-state index contributed by atoms with van der Waals surface area (Å²) in [5.41, 5.74) is 4.65. The van der Waals surface area contributed by atoms with Crippen LogP contribution in [0, 0.1) is 0 Å². The molecule has 2 amide bonds. The minimum absolute atomic E-state index is 0.0907. The summed E-state index contributed by atoms with van der Waals surface area (Å²) in [5, 5.41) is 5.86. The lowest BCUT2D eigenvalue weighted by Crippen LogP contribution is -2.53. The summed E-state index contributed by atoms with van der Waals surface area (Å²) < 4.78 is 49.8. The fourth-order valence-corrected chi connectivity index (χ4v) is 4.10. The Balaban J connectivity index is 1.30. The molecule has 3 aromatic rings. The largest absolute Gasteiger partial charge is 0.399 e. The predicted molar refractivity (Wildman–Crippen MR) is 120 cm³/mol. The standard InChI is InChI=1S/C23H21F3N6O4/c1-21(2,23(24,25)26)14-8-16(36-31-14)30-15(33)7-12-3-5-13(6-4-12)32-17-18(28-11-29-19(17)27)22(20(32)34)9-35-10-22/h3-6,8,11H,7,9-10H2,1-2H3,(H,30,33)(H2,27,28,29). The highest BCUT2D eigenvalue weighted by Gasteiger charge is 2.58. The summed E-state index contributed by atoms with van der Waals surface area (Å²) >= 11 is 0. The quantitative estimate of drug-likeness (QED) is 0.543. The van der Waals surface area contributed by atoms with Gasteiger partial charge in [0.1, 0.15) is 28.5 Å². The van der Waals surface area contributed by atoms with Crippen molar-refractivity contribution in [3.63, 3.8) is 0 Å². The Bertz CT molecular complexity index is 1350. The summed E-state index contributed by atoms with van der Waals surface area (Å²) in [7, 11) is 0. The van der Waals surface area contributed by atoms with E-state index in [9.17, 15) is 22.8 Å². The molecule has 0 aliphatic carbocycles. The Morgan fingerprint density at radius 3 is 2.50 bits per heavy atom. The SMILES string of the molecule is CC(C)(c1cc(NC(=O)Cc2ccc(N3C(=O)C4(COC4)c4ncnc(N)c43)cc2)on1)C(F)(F)F. The zero-order valence-electron chi connectivity index (χ0n) is 19.2. The predicted octanol–water partition coefficient (Wildman–Crippen LogP) is 3.01. The smallest absolute Gasteiger partial charge is 0.382 e. The van der Waals surface area contributed by atoms with Gasteiger partial charge in [-0.05, 0) is 31.5 Å². The summed E-state index contributed by atoms with van der Waals surface area (Å²) in [5.74, 6) is -0.752. The van der Waals surface area contributed by atoms with Crippen LogP contribution in [0.25, 0.3) is 0 Å². The summed E-state index contributed by atoms with van der Waals surface area (Å²) in [4.78, 5) is 35.5. The number of nitrogens with one attached hydrogen (secondary N) is 1. The summed E-state index contributed by atoms with van der Waals surface area (Å²) in [6.45, 7) is 2.35. The number of nitrogen functional groups attached to an aromatic ring is 1. The van der Waals surface area contributed by atoms with Crippen LogP contribution >= 0.6 is 0 Å². The number of hydrogen-bond donors (Lipinski definition) is 2. The van der Waals surface area contributed by atoms with Crippen LogP contribution in [-0.4, -0.2) is 46.3 Å². The molecule has 0 atom stereocenters. The number of ether oxygens (including phenoxy) is 1. The molecule has 0 bridgehead atoms. The Hall–Kier alpha value is -4.00. The molecule has 2 aromatic heterocycles. The van der Waals surface area contributed by atoms with Crippen molar-refractivity contribution in [2.75, 3.05) is 29.2 Å². The third-order valence-electron chi connectivity index (χ3n) is 6.52. The fourth-order valence-electron chi connectivity index (χ4n) is 4.10. The van der Waals surface area contributed by atoms with Crippen LogP contribution in [0.5, 0.6) is 0 Å². The van der Waals surface area contributed by atoms with Crippen molar-refractivity contribution >= 4 is 34.9 Å². The minimum atomic E-state index is -4.54. The van der Waals surface area contributed by atoms with E-state index in [1.165, 1.54) is 11.2 Å². The summed E-state index contributed by atoms with van der Waals surface area (Å²) in [6.07, 6.45) is -3.31. The van der Waals surface area contributed by atoms with Gasteiger partial charge in [0.25, 0.3) is 0 Å². The highest BCUT2D eigenvalue weighted by atomic mass is 19.4. The molecule has 0 saturated carbocycles. The van der Waals surface area contributed by atoms with Crippen molar-refractivity contribution in [1.82, 2.24) is 15.1 Å².